The summed E-state index contributed by atoms with van der Waals surface area (Å²) >= 11 is 1.15. The van der Waals surface area contributed by atoms with Crippen molar-refractivity contribution in [1.29, 1.82) is 0 Å². The SMILES string of the molecule is CC(C)(C)CN1CCC2(CC1)CN(c1ccccc1NC(=O)Nc1nc3ccc(F)cc3s1)c1c(O)cc(F)c(F)c12. The van der Waals surface area contributed by atoms with Gasteiger partial charge in [0.1, 0.15) is 11.6 Å². The number of aromatic hydroxyl groups is 1. The molecular weight excluding hydrogens is 563 g/mol. The summed E-state index contributed by atoms with van der Waals surface area (Å²) in [5, 5.41) is 16.8. The zero-order valence-corrected chi connectivity index (χ0v) is 24.4. The summed E-state index contributed by atoms with van der Waals surface area (Å²) in [6.45, 7) is 9.17. The lowest BCUT2D eigenvalue weighted by molar-refractivity contribution is 0.124. The van der Waals surface area contributed by atoms with E-state index in [1.54, 1.807) is 35.2 Å². The van der Waals surface area contributed by atoms with Crippen LogP contribution in [0.2, 0.25) is 0 Å². The molecule has 1 aromatic heterocycles. The third kappa shape index (κ3) is 5.27. The molecule has 4 aromatic rings. The maximum absolute atomic E-state index is 15.6. The topological polar surface area (TPSA) is 80.7 Å². The number of fused-ring (bicyclic) bond motifs is 3. The van der Waals surface area contributed by atoms with Gasteiger partial charge in [0.05, 0.1) is 27.3 Å². The average Bonchev–Trinajstić information content (AvgIpc) is 3.46. The van der Waals surface area contributed by atoms with Crippen LogP contribution in [-0.2, 0) is 5.41 Å². The number of nitrogens with one attached hydrogen (secondary N) is 2. The number of thiazole rings is 1. The van der Waals surface area contributed by atoms with Gasteiger partial charge >= 0.3 is 6.03 Å². The normalized spacial score (nSPS) is 16.7. The lowest BCUT2D eigenvalue weighted by atomic mass is 9.73. The van der Waals surface area contributed by atoms with Crippen LogP contribution in [0.25, 0.3) is 10.2 Å². The fourth-order valence-corrected chi connectivity index (χ4v) is 7.15. The van der Waals surface area contributed by atoms with Gasteiger partial charge in [-0.3, -0.25) is 5.32 Å². The summed E-state index contributed by atoms with van der Waals surface area (Å²) in [6, 6.07) is 11.5. The predicted molar refractivity (Wildman–Crippen MR) is 160 cm³/mol. The molecular formula is C31H32F3N5O2S. The number of phenols is 1. The average molecular weight is 596 g/mol. The van der Waals surface area contributed by atoms with E-state index in [2.05, 4.69) is 41.3 Å². The number of anilines is 4. The smallest absolute Gasteiger partial charge is 0.325 e. The summed E-state index contributed by atoms with van der Waals surface area (Å²) in [4.78, 5) is 21.5. The standard InChI is InChI=1S/C31H32F3N5O2S/c1-30(2,3)16-38-12-10-31(11-13-38)17-39(27-23(40)15-19(33)26(34)25(27)31)22-7-5-4-6-20(22)35-28(41)37-29-36-21-9-8-18(32)14-24(21)42-29/h4-9,14-15,40H,10-13,16-17H2,1-3H3,(H2,35,36,37,41). The minimum atomic E-state index is -1.08. The Kier molecular flexibility index (Phi) is 7.05. The van der Waals surface area contributed by atoms with Crippen LogP contribution >= 0.6 is 11.3 Å². The van der Waals surface area contributed by atoms with Gasteiger partial charge in [-0.05, 0) is 61.7 Å². The van der Waals surface area contributed by atoms with E-state index in [1.807, 2.05) is 0 Å². The molecule has 220 valence electrons. The van der Waals surface area contributed by atoms with E-state index in [9.17, 15) is 18.7 Å². The lowest BCUT2D eigenvalue weighted by Gasteiger charge is -2.42. The number of benzene rings is 3. The van der Waals surface area contributed by atoms with Gasteiger partial charge in [0, 0.05) is 30.1 Å². The molecule has 1 saturated heterocycles. The number of nitrogens with zero attached hydrogens (tertiary/aromatic N) is 3. The molecule has 2 amide bonds. The van der Waals surface area contributed by atoms with Crippen molar-refractivity contribution in [2.75, 3.05) is 41.7 Å². The highest BCUT2D eigenvalue weighted by molar-refractivity contribution is 7.22. The van der Waals surface area contributed by atoms with Gasteiger partial charge in [-0.25, -0.2) is 22.9 Å². The van der Waals surface area contributed by atoms with Gasteiger partial charge in [-0.15, -0.1) is 0 Å². The minimum absolute atomic E-state index is 0.104. The van der Waals surface area contributed by atoms with Crippen molar-refractivity contribution in [3.63, 3.8) is 0 Å². The van der Waals surface area contributed by atoms with Crippen LogP contribution in [0, 0.1) is 22.9 Å². The zero-order valence-electron chi connectivity index (χ0n) is 23.6. The maximum Gasteiger partial charge on any atom is 0.325 e. The first kappa shape index (κ1) is 28.3. The van der Waals surface area contributed by atoms with Crippen LogP contribution in [0.1, 0.15) is 39.2 Å². The fraction of sp³-hybridized carbons (Fsp3) is 0.355. The monoisotopic (exact) mass is 595 g/mol. The Labute approximate surface area is 246 Å². The third-order valence-electron chi connectivity index (χ3n) is 7.96. The van der Waals surface area contributed by atoms with Crippen molar-refractivity contribution in [3.05, 3.63) is 71.5 Å². The Bertz CT molecular complexity index is 1680. The fourth-order valence-electron chi connectivity index (χ4n) is 6.26. The number of halogens is 3. The number of hydrogen-bond acceptors (Lipinski definition) is 6. The van der Waals surface area contributed by atoms with Crippen LogP contribution in [0.4, 0.5) is 40.2 Å². The van der Waals surface area contributed by atoms with E-state index in [0.29, 0.717) is 46.1 Å². The van der Waals surface area contributed by atoms with E-state index in [-0.39, 0.29) is 28.2 Å². The van der Waals surface area contributed by atoms with Gasteiger partial charge in [-0.2, -0.15) is 0 Å². The molecule has 2 aliphatic rings. The van der Waals surface area contributed by atoms with Crippen LogP contribution in [0.5, 0.6) is 5.75 Å². The summed E-state index contributed by atoms with van der Waals surface area (Å²) in [6.07, 6.45) is 1.20. The van der Waals surface area contributed by atoms with E-state index in [0.717, 1.165) is 37.0 Å². The molecule has 1 spiro atoms. The number of likely N-dealkylation sites (tertiary alicyclic amines) is 1. The second-order valence-corrected chi connectivity index (χ2v) is 13.4. The Morgan fingerprint density at radius 1 is 1.07 bits per heavy atom. The molecule has 3 aromatic carbocycles. The molecule has 3 N–H and O–H groups in total. The van der Waals surface area contributed by atoms with Crippen molar-refractivity contribution in [3.8, 4) is 5.75 Å². The number of piperidine rings is 1. The number of urea groups is 1. The number of rotatable bonds is 4. The predicted octanol–water partition coefficient (Wildman–Crippen LogP) is 7.59. The number of carbonyl (C=O) groups is 1. The molecule has 0 atom stereocenters. The highest BCUT2D eigenvalue weighted by Crippen LogP contribution is 2.55. The summed E-state index contributed by atoms with van der Waals surface area (Å²) in [5.41, 5.74) is 1.33. The lowest BCUT2D eigenvalue weighted by Crippen LogP contribution is -2.47. The molecule has 0 radical (unpaired) electrons. The van der Waals surface area contributed by atoms with E-state index in [1.165, 1.54) is 12.1 Å². The Hall–Kier alpha value is -3.83. The molecule has 7 nitrogen and oxygen atoms in total. The molecule has 0 aliphatic carbocycles. The molecule has 42 heavy (non-hydrogen) atoms. The number of amides is 2. The number of aromatic nitrogens is 1. The molecule has 6 rings (SSSR count). The van der Waals surface area contributed by atoms with E-state index in [4.69, 9.17) is 0 Å². The Morgan fingerprint density at radius 2 is 1.81 bits per heavy atom. The first-order valence-electron chi connectivity index (χ1n) is 13.9. The van der Waals surface area contributed by atoms with Crippen molar-refractivity contribution in [1.82, 2.24) is 9.88 Å². The highest BCUT2D eigenvalue weighted by atomic mass is 32.1. The minimum Gasteiger partial charge on any atom is -0.506 e. The van der Waals surface area contributed by atoms with Gasteiger partial charge in [0.25, 0.3) is 0 Å². The van der Waals surface area contributed by atoms with Crippen molar-refractivity contribution in [2.45, 2.75) is 39.0 Å². The number of phenolic OH excluding ortho intramolecular Hbond substituents is 1. The third-order valence-corrected chi connectivity index (χ3v) is 8.89. The molecule has 11 heteroatoms. The van der Waals surface area contributed by atoms with E-state index >= 15 is 4.39 Å². The highest BCUT2D eigenvalue weighted by Gasteiger charge is 2.49. The van der Waals surface area contributed by atoms with Gasteiger partial charge in [0.15, 0.2) is 16.8 Å². The van der Waals surface area contributed by atoms with Gasteiger partial charge in [-0.1, -0.05) is 44.2 Å². The van der Waals surface area contributed by atoms with Crippen molar-refractivity contribution < 1.29 is 23.1 Å². The molecule has 3 heterocycles. The molecule has 2 aliphatic heterocycles. The Balaban J connectivity index is 1.30. The van der Waals surface area contributed by atoms with Crippen LogP contribution < -0.4 is 15.5 Å². The van der Waals surface area contributed by atoms with E-state index < -0.39 is 23.1 Å². The molecule has 1 fully saturated rings. The van der Waals surface area contributed by atoms with Crippen LogP contribution in [0.3, 0.4) is 0 Å². The summed E-state index contributed by atoms with van der Waals surface area (Å²) in [7, 11) is 0. The number of para-hydroxylation sites is 2. The zero-order chi connectivity index (χ0) is 29.8. The maximum atomic E-state index is 15.6. The number of carbonyl (C=O) groups excluding carboxylic acids is 1. The summed E-state index contributed by atoms with van der Waals surface area (Å²) < 4.78 is 44.5. The molecule has 0 saturated carbocycles. The van der Waals surface area contributed by atoms with Crippen molar-refractivity contribution in [2.24, 2.45) is 5.41 Å². The van der Waals surface area contributed by atoms with Crippen molar-refractivity contribution >= 4 is 49.8 Å². The number of hydrogen-bond donors (Lipinski definition) is 3. The first-order chi connectivity index (χ1) is 19.9. The summed E-state index contributed by atoms with van der Waals surface area (Å²) in [5.74, 6) is -2.76. The molecule has 0 bridgehead atoms. The van der Waals surface area contributed by atoms with Crippen LogP contribution in [-0.4, -0.2) is 47.2 Å². The quantitative estimate of drug-likeness (QED) is 0.227. The molecule has 0 unspecified atom stereocenters. The first-order valence-corrected chi connectivity index (χ1v) is 14.7. The Morgan fingerprint density at radius 3 is 2.55 bits per heavy atom. The van der Waals surface area contributed by atoms with Gasteiger partial charge in [0.2, 0.25) is 0 Å². The second kappa shape index (κ2) is 10.5. The van der Waals surface area contributed by atoms with Crippen LogP contribution in [0.15, 0.2) is 48.5 Å². The van der Waals surface area contributed by atoms with Gasteiger partial charge < -0.3 is 20.2 Å². The second-order valence-electron chi connectivity index (χ2n) is 12.3. The largest absolute Gasteiger partial charge is 0.506 e.